The standard InChI is InChI=1S/C15H14N2/c1-9-6-7-12-13(8-16)11-4-3-5-14(11)17-15(12)10(9)2/h6-7H,3-5H2,1-2H3. The molecule has 2 nitrogen and oxygen atoms in total. The van der Waals surface area contributed by atoms with Crippen LogP contribution in [-0.4, -0.2) is 4.98 Å². The van der Waals surface area contributed by atoms with Crippen LogP contribution in [0.4, 0.5) is 0 Å². The number of aromatic nitrogens is 1. The van der Waals surface area contributed by atoms with E-state index < -0.39 is 0 Å². The van der Waals surface area contributed by atoms with Gasteiger partial charge in [-0.2, -0.15) is 5.26 Å². The van der Waals surface area contributed by atoms with E-state index in [9.17, 15) is 5.26 Å². The molecule has 0 aliphatic heterocycles. The van der Waals surface area contributed by atoms with Gasteiger partial charge < -0.3 is 0 Å². The fraction of sp³-hybridized carbons (Fsp3) is 0.333. The molecule has 0 saturated heterocycles. The van der Waals surface area contributed by atoms with Gasteiger partial charge in [0, 0.05) is 11.1 Å². The van der Waals surface area contributed by atoms with Crippen LogP contribution < -0.4 is 0 Å². The number of pyridine rings is 1. The molecule has 84 valence electrons. The van der Waals surface area contributed by atoms with Crippen LogP contribution in [0.5, 0.6) is 0 Å². The van der Waals surface area contributed by atoms with Crippen molar-refractivity contribution in [2.24, 2.45) is 0 Å². The molecule has 0 unspecified atom stereocenters. The van der Waals surface area contributed by atoms with Crippen molar-refractivity contribution in [3.8, 4) is 6.07 Å². The van der Waals surface area contributed by atoms with Crippen molar-refractivity contribution in [2.45, 2.75) is 33.1 Å². The maximum absolute atomic E-state index is 9.38. The lowest BCUT2D eigenvalue weighted by atomic mass is 9.98. The summed E-state index contributed by atoms with van der Waals surface area (Å²) in [6, 6.07) is 6.51. The zero-order valence-corrected chi connectivity index (χ0v) is 10.2. The van der Waals surface area contributed by atoms with Crippen LogP contribution in [-0.2, 0) is 12.8 Å². The van der Waals surface area contributed by atoms with Gasteiger partial charge in [0.2, 0.25) is 0 Å². The highest BCUT2D eigenvalue weighted by Gasteiger charge is 2.20. The van der Waals surface area contributed by atoms with E-state index in [0.717, 1.165) is 41.4 Å². The third-order valence-corrected chi connectivity index (χ3v) is 3.82. The monoisotopic (exact) mass is 222 g/mol. The van der Waals surface area contributed by atoms with E-state index >= 15 is 0 Å². The van der Waals surface area contributed by atoms with Crippen LogP contribution in [0.2, 0.25) is 0 Å². The van der Waals surface area contributed by atoms with Gasteiger partial charge >= 0.3 is 0 Å². The van der Waals surface area contributed by atoms with E-state index in [2.05, 4.69) is 26.0 Å². The zero-order chi connectivity index (χ0) is 12.0. The molecule has 1 aliphatic carbocycles. The van der Waals surface area contributed by atoms with Gasteiger partial charge in [-0.1, -0.05) is 12.1 Å². The lowest BCUT2D eigenvalue weighted by Gasteiger charge is -2.10. The first-order chi connectivity index (χ1) is 8.22. The molecule has 3 rings (SSSR count). The predicted molar refractivity (Wildman–Crippen MR) is 68.0 cm³/mol. The van der Waals surface area contributed by atoms with Crippen LogP contribution in [0.25, 0.3) is 10.9 Å². The molecule has 0 radical (unpaired) electrons. The van der Waals surface area contributed by atoms with Crippen molar-refractivity contribution in [2.75, 3.05) is 0 Å². The summed E-state index contributed by atoms with van der Waals surface area (Å²) in [6.07, 6.45) is 3.16. The summed E-state index contributed by atoms with van der Waals surface area (Å²) in [6.45, 7) is 4.18. The second kappa shape index (κ2) is 3.56. The van der Waals surface area contributed by atoms with Crippen LogP contribution >= 0.6 is 0 Å². The maximum atomic E-state index is 9.38. The minimum atomic E-state index is 0.852. The number of hydrogen-bond acceptors (Lipinski definition) is 2. The summed E-state index contributed by atoms with van der Waals surface area (Å²) in [5.74, 6) is 0. The summed E-state index contributed by atoms with van der Waals surface area (Å²) in [7, 11) is 0. The quantitative estimate of drug-likeness (QED) is 0.686. The number of hydrogen-bond donors (Lipinski definition) is 0. The van der Waals surface area contributed by atoms with Crippen molar-refractivity contribution < 1.29 is 0 Å². The maximum Gasteiger partial charge on any atom is 0.100 e. The molecule has 2 heteroatoms. The number of nitriles is 1. The molecule has 0 amide bonds. The largest absolute Gasteiger partial charge is 0.252 e. The van der Waals surface area contributed by atoms with Crippen LogP contribution in [0.15, 0.2) is 12.1 Å². The van der Waals surface area contributed by atoms with Gasteiger partial charge in [0.25, 0.3) is 0 Å². The molecule has 1 heterocycles. The third-order valence-electron chi connectivity index (χ3n) is 3.82. The summed E-state index contributed by atoms with van der Waals surface area (Å²) in [5, 5.41) is 10.4. The van der Waals surface area contributed by atoms with Gasteiger partial charge in [-0.15, -0.1) is 0 Å². The van der Waals surface area contributed by atoms with E-state index in [4.69, 9.17) is 4.98 Å². The van der Waals surface area contributed by atoms with Crippen LogP contribution in [0, 0.1) is 25.2 Å². The van der Waals surface area contributed by atoms with Gasteiger partial charge in [0.05, 0.1) is 11.1 Å². The lowest BCUT2D eigenvalue weighted by molar-refractivity contribution is 0.900. The van der Waals surface area contributed by atoms with E-state index in [-0.39, 0.29) is 0 Å². The smallest absolute Gasteiger partial charge is 0.100 e. The van der Waals surface area contributed by atoms with Crippen molar-refractivity contribution in [1.29, 1.82) is 5.26 Å². The average molecular weight is 222 g/mol. The van der Waals surface area contributed by atoms with E-state index in [1.165, 1.54) is 16.7 Å². The molecule has 0 N–H and O–H groups in total. The van der Waals surface area contributed by atoms with Crippen molar-refractivity contribution in [3.63, 3.8) is 0 Å². The molecule has 0 atom stereocenters. The molecule has 1 aliphatic rings. The molecule has 1 aromatic heterocycles. The van der Waals surface area contributed by atoms with E-state index in [0.29, 0.717) is 0 Å². The number of nitrogens with zero attached hydrogens (tertiary/aromatic N) is 2. The van der Waals surface area contributed by atoms with Crippen molar-refractivity contribution in [3.05, 3.63) is 40.1 Å². The van der Waals surface area contributed by atoms with Gasteiger partial charge in [-0.05, 0) is 49.8 Å². The second-order valence-corrected chi connectivity index (χ2v) is 4.78. The first-order valence-electron chi connectivity index (χ1n) is 6.04. The third kappa shape index (κ3) is 1.36. The first kappa shape index (κ1) is 10.3. The average Bonchev–Trinajstić information content (AvgIpc) is 2.79. The number of rotatable bonds is 0. The molecule has 17 heavy (non-hydrogen) atoms. The Morgan fingerprint density at radius 3 is 2.82 bits per heavy atom. The molecular formula is C15H14N2. The predicted octanol–water partition coefficient (Wildman–Crippen LogP) is 3.21. The number of fused-ring (bicyclic) bond motifs is 2. The number of aryl methyl sites for hydroxylation is 3. The topological polar surface area (TPSA) is 36.7 Å². The Balaban J connectivity index is 2.50. The Morgan fingerprint density at radius 2 is 2.06 bits per heavy atom. The molecule has 0 fully saturated rings. The first-order valence-corrected chi connectivity index (χ1v) is 6.04. The Kier molecular flexibility index (Phi) is 2.16. The minimum Gasteiger partial charge on any atom is -0.252 e. The van der Waals surface area contributed by atoms with Gasteiger partial charge in [-0.3, -0.25) is 4.98 Å². The Morgan fingerprint density at radius 1 is 1.24 bits per heavy atom. The molecule has 0 spiro atoms. The highest BCUT2D eigenvalue weighted by atomic mass is 14.7. The highest BCUT2D eigenvalue weighted by Crippen LogP contribution is 2.31. The second-order valence-electron chi connectivity index (χ2n) is 4.78. The Bertz CT molecular complexity index is 663. The summed E-state index contributed by atoms with van der Waals surface area (Å²) < 4.78 is 0. The fourth-order valence-corrected chi connectivity index (χ4v) is 2.69. The Hall–Kier alpha value is -1.88. The van der Waals surface area contributed by atoms with Gasteiger partial charge in [0.15, 0.2) is 0 Å². The van der Waals surface area contributed by atoms with Crippen LogP contribution in [0.1, 0.15) is 34.4 Å². The van der Waals surface area contributed by atoms with Crippen molar-refractivity contribution >= 4 is 10.9 Å². The van der Waals surface area contributed by atoms with Crippen LogP contribution in [0.3, 0.4) is 0 Å². The van der Waals surface area contributed by atoms with E-state index in [1.807, 2.05) is 6.07 Å². The normalized spacial score (nSPS) is 13.7. The zero-order valence-electron chi connectivity index (χ0n) is 10.2. The molecule has 0 saturated carbocycles. The minimum absolute atomic E-state index is 0.852. The van der Waals surface area contributed by atoms with E-state index in [1.54, 1.807) is 0 Å². The summed E-state index contributed by atoms with van der Waals surface area (Å²) in [4.78, 5) is 4.77. The van der Waals surface area contributed by atoms with Crippen molar-refractivity contribution in [1.82, 2.24) is 4.98 Å². The molecule has 0 bridgehead atoms. The van der Waals surface area contributed by atoms with Gasteiger partial charge in [-0.25, -0.2) is 0 Å². The van der Waals surface area contributed by atoms with Gasteiger partial charge in [0.1, 0.15) is 6.07 Å². The highest BCUT2D eigenvalue weighted by molar-refractivity contribution is 5.89. The lowest BCUT2D eigenvalue weighted by Crippen LogP contribution is -1.98. The molecular weight excluding hydrogens is 208 g/mol. The Labute approximate surface area is 101 Å². The number of benzene rings is 1. The molecule has 1 aromatic carbocycles. The SMILES string of the molecule is Cc1ccc2c(C#N)c3c(nc2c1C)CCC3. The fourth-order valence-electron chi connectivity index (χ4n) is 2.69. The summed E-state index contributed by atoms with van der Waals surface area (Å²) in [5.41, 5.74) is 6.64. The molecule has 2 aromatic rings. The summed E-state index contributed by atoms with van der Waals surface area (Å²) >= 11 is 0.